The summed E-state index contributed by atoms with van der Waals surface area (Å²) in [5, 5.41) is 9.03. The van der Waals surface area contributed by atoms with E-state index >= 15 is 0 Å². The zero-order valence-electron chi connectivity index (χ0n) is 12.0. The molecule has 0 radical (unpaired) electrons. The second-order valence-electron chi connectivity index (χ2n) is 5.94. The molecular formula is C15H21N3O3. The average Bonchev–Trinajstić information content (AvgIpc) is 2.69. The van der Waals surface area contributed by atoms with Crippen molar-refractivity contribution in [1.82, 2.24) is 14.8 Å². The van der Waals surface area contributed by atoms with Crippen molar-refractivity contribution < 1.29 is 14.6 Å². The molecule has 0 unspecified atom stereocenters. The molecule has 6 nitrogen and oxygen atoms in total. The van der Waals surface area contributed by atoms with Gasteiger partial charge in [0.25, 0.3) is 0 Å². The molecule has 3 heterocycles. The zero-order chi connectivity index (χ0) is 14.7. The van der Waals surface area contributed by atoms with Crippen molar-refractivity contribution in [2.75, 3.05) is 39.4 Å². The van der Waals surface area contributed by atoms with Gasteiger partial charge in [-0.2, -0.15) is 0 Å². The van der Waals surface area contributed by atoms with Crippen LogP contribution in [0.3, 0.4) is 0 Å². The van der Waals surface area contributed by atoms with Crippen molar-refractivity contribution in [2.24, 2.45) is 5.92 Å². The van der Waals surface area contributed by atoms with Crippen molar-refractivity contribution in [3.63, 3.8) is 0 Å². The summed E-state index contributed by atoms with van der Waals surface area (Å²) in [6.45, 7) is 4.86. The molecule has 0 spiro atoms. The van der Waals surface area contributed by atoms with E-state index in [9.17, 15) is 4.79 Å². The molecule has 1 aromatic rings. The second-order valence-corrected chi connectivity index (χ2v) is 5.94. The van der Waals surface area contributed by atoms with Crippen LogP contribution in [0.4, 0.5) is 0 Å². The van der Waals surface area contributed by atoms with Gasteiger partial charge in [-0.1, -0.05) is 6.07 Å². The number of hydrogen-bond acceptors (Lipinski definition) is 5. The predicted octanol–water partition coefficient (Wildman–Crippen LogP) is 0.299. The number of carboxylic acids is 1. The van der Waals surface area contributed by atoms with E-state index in [1.807, 2.05) is 17.2 Å². The van der Waals surface area contributed by atoms with E-state index in [-0.39, 0.29) is 12.6 Å². The molecule has 0 aromatic carbocycles. The molecule has 6 heteroatoms. The first kappa shape index (κ1) is 14.4. The van der Waals surface area contributed by atoms with Crippen LogP contribution in [0, 0.1) is 5.92 Å². The van der Waals surface area contributed by atoms with Crippen LogP contribution in [0.1, 0.15) is 5.56 Å². The highest BCUT2D eigenvalue weighted by atomic mass is 16.5. The fourth-order valence-corrected chi connectivity index (χ4v) is 3.27. The lowest BCUT2D eigenvalue weighted by Crippen LogP contribution is -2.44. The Kier molecular flexibility index (Phi) is 4.48. The summed E-state index contributed by atoms with van der Waals surface area (Å²) in [5.41, 5.74) is 1.19. The molecule has 2 aliphatic rings. The minimum atomic E-state index is -0.755. The molecule has 2 aliphatic heterocycles. The minimum Gasteiger partial charge on any atom is -0.480 e. The molecule has 0 saturated carbocycles. The van der Waals surface area contributed by atoms with Gasteiger partial charge < -0.3 is 9.84 Å². The van der Waals surface area contributed by atoms with Gasteiger partial charge in [-0.15, -0.1) is 0 Å². The van der Waals surface area contributed by atoms with Crippen molar-refractivity contribution in [1.29, 1.82) is 0 Å². The summed E-state index contributed by atoms with van der Waals surface area (Å²) in [5.74, 6) is -0.386. The van der Waals surface area contributed by atoms with Crippen LogP contribution in [0.15, 0.2) is 24.5 Å². The standard InChI is InChI=1S/C15H21N3O3/c19-15(20)9-17-5-13-7-18(14(8-17)11-21-10-13)6-12-2-1-3-16-4-12/h1-4,13-14H,5-11H2,(H,19,20)/t13-,14-/m0/s1. The van der Waals surface area contributed by atoms with E-state index in [4.69, 9.17) is 9.84 Å². The van der Waals surface area contributed by atoms with Crippen LogP contribution in [0.5, 0.6) is 0 Å². The maximum absolute atomic E-state index is 11.0. The maximum atomic E-state index is 11.0. The minimum absolute atomic E-state index is 0.119. The predicted molar refractivity (Wildman–Crippen MR) is 76.8 cm³/mol. The molecule has 2 bridgehead atoms. The Morgan fingerprint density at radius 1 is 1.38 bits per heavy atom. The number of aliphatic carboxylic acids is 1. The third-order valence-electron chi connectivity index (χ3n) is 4.13. The summed E-state index contributed by atoms with van der Waals surface area (Å²) >= 11 is 0. The third-order valence-corrected chi connectivity index (χ3v) is 4.13. The Balaban J connectivity index is 1.72. The second kappa shape index (κ2) is 6.51. The van der Waals surface area contributed by atoms with Crippen molar-refractivity contribution in [3.05, 3.63) is 30.1 Å². The Labute approximate surface area is 124 Å². The van der Waals surface area contributed by atoms with Crippen molar-refractivity contribution in [2.45, 2.75) is 12.6 Å². The van der Waals surface area contributed by atoms with Crippen molar-refractivity contribution in [3.8, 4) is 0 Å². The Bertz CT molecular complexity index is 482. The molecule has 2 fully saturated rings. The highest BCUT2D eigenvalue weighted by Crippen LogP contribution is 2.21. The SMILES string of the molecule is O=C(O)CN1C[C@@H]2COC[C@H](C1)N(Cc1cccnc1)C2. The van der Waals surface area contributed by atoms with E-state index in [0.29, 0.717) is 12.5 Å². The van der Waals surface area contributed by atoms with Gasteiger partial charge in [0, 0.05) is 50.5 Å². The van der Waals surface area contributed by atoms with E-state index in [1.165, 1.54) is 5.56 Å². The number of rotatable bonds is 4. The number of fused-ring (bicyclic) bond motifs is 3. The van der Waals surface area contributed by atoms with Crippen molar-refractivity contribution >= 4 is 5.97 Å². The number of hydrogen-bond donors (Lipinski definition) is 1. The number of pyridine rings is 1. The first-order valence-corrected chi connectivity index (χ1v) is 7.35. The molecule has 0 amide bonds. The quantitative estimate of drug-likeness (QED) is 0.860. The Morgan fingerprint density at radius 3 is 3.05 bits per heavy atom. The van der Waals surface area contributed by atoms with E-state index < -0.39 is 5.97 Å². The average molecular weight is 291 g/mol. The molecule has 21 heavy (non-hydrogen) atoms. The van der Waals surface area contributed by atoms with Crippen LogP contribution in [0.2, 0.25) is 0 Å². The van der Waals surface area contributed by atoms with E-state index in [2.05, 4.69) is 16.0 Å². The van der Waals surface area contributed by atoms with E-state index in [0.717, 1.165) is 32.8 Å². The summed E-state index contributed by atoms with van der Waals surface area (Å²) in [6, 6.07) is 4.28. The van der Waals surface area contributed by atoms with Gasteiger partial charge in [-0.3, -0.25) is 19.6 Å². The molecule has 114 valence electrons. The van der Waals surface area contributed by atoms with Gasteiger partial charge in [0.2, 0.25) is 0 Å². The lowest BCUT2D eigenvalue weighted by Gasteiger charge is -2.30. The number of nitrogens with zero attached hydrogens (tertiary/aromatic N) is 3. The summed E-state index contributed by atoms with van der Waals surface area (Å²) in [6.07, 6.45) is 3.67. The fourth-order valence-electron chi connectivity index (χ4n) is 3.27. The molecule has 3 rings (SSSR count). The Morgan fingerprint density at radius 2 is 2.29 bits per heavy atom. The summed E-state index contributed by atoms with van der Waals surface area (Å²) in [4.78, 5) is 19.6. The largest absolute Gasteiger partial charge is 0.480 e. The first-order valence-electron chi connectivity index (χ1n) is 7.35. The molecule has 0 aliphatic carbocycles. The van der Waals surface area contributed by atoms with Gasteiger partial charge in [0.15, 0.2) is 0 Å². The monoisotopic (exact) mass is 291 g/mol. The molecule has 2 saturated heterocycles. The highest BCUT2D eigenvalue weighted by molar-refractivity contribution is 5.69. The molecular weight excluding hydrogens is 270 g/mol. The lowest BCUT2D eigenvalue weighted by molar-refractivity contribution is -0.138. The normalized spacial score (nSPS) is 27.2. The fraction of sp³-hybridized carbons (Fsp3) is 0.600. The van der Waals surface area contributed by atoms with Crippen LogP contribution >= 0.6 is 0 Å². The van der Waals surface area contributed by atoms with Gasteiger partial charge in [-0.05, 0) is 11.6 Å². The van der Waals surface area contributed by atoms with Gasteiger partial charge in [0.05, 0.1) is 19.8 Å². The number of carboxylic acid groups (broad SMARTS) is 1. The topological polar surface area (TPSA) is 65.9 Å². The number of aromatic nitrogens is 1. The lowest BCUT2D eigenvalue weighted by atomic mass is 10.1. The summed E-state index contributed by atoms with van der Waals surface area (Å²) in [7, 11) is 0. The first-order chi connectivity index (χ1) is 10.2. The molecule has 2 atom stereocenters. The molecule has 1 N–H and O–H groups in total. The number of ether oxygens (including phenoxy) is 1. The van der Waals surface area contributed by atoms with Crippen LogP contribution < -0.4 is 0 Å². The zero-order valence-corrected chi connectivity index (χ0v) is 12.0. The summed E-state index contributed by atoms with van der Waals surface area (Å²) < 4.78 is 5.75. The Hall–Kier alpha value is -1.50. The smallest absolute Gasteiger partial charge is 0.317 e. The van der Waals surface area contributed by atoms with Gasteiger partial charge >= 0.3 is 5.97 Å². The van der Waals surface area contributed by atoms with Crippen LogP contribution in [-0.4, -0.2) is 71.3 Å². The van der Waals surface area contributed by atoms with Crippen LogP contribution in [-0.2, 0) is 16.1 Å². The maximum Gasteiger partial charge on any atom is 0.317 e. The molecule has 1 aromatic heterocycles. The van der Waals surface area contributed by atoms with Gasteiger partial charge in [0.1, 0.15) is 0 Å². The third kappa shape index (κ3) is 3.78. The number of carbonyl (C=O) groups is 1. The van der Waals surface area contributed by atoms with E-state index in [1.54, 1.807) is 6.20 Å². The van der Waals surface area contributed by atoms with Gasteiger partial charge in [-0.25, -0.2) is 0 Å². The highest BCUT2D eigenvalue weighted by Gasteiger charge is 2.33. The van der Waals surface area contributed by atoms with Crippen LogP contribution in [0.25, 0.3) is 0 Å².